The van der Waals surface area contributed by atoms with E-state index in [0.29, 0.717) is 0 Å². The second-order valence-corrected chi connectivity index (χ2v) is 6.36. The van der Waals surface area contributed by atoms with E-state index in [4.69, 9.17) is 4.74 Å². The Morgan fingerprint density at radius 1 is 1.42 bits per heavy atom. The Balaban J connectivity index is 2.15. The molecule has 1 N–H and O–H groups in total. The predicted molar refractivity (Wildman–Crippen MR) is 85.3 cm³/mol. The van der Waals surface area contributed by atoms with Crippen LogP contribution in [0.4, 0.5) is 23.7 Å². The summed E-state index contributed by atoms with van der Waals surface area (Å²) < 4.78 is 44.2. The molecule has 1 heterocycles. The lowest BCUT2D eigenvalue weighted by Crippen LogP contribution is -2.31. The summed E-state index contributed by atoms with van der Waals surface area (Å²) in [6.45, 7) is 2.09. The molecular weight excluding hydrogens is 343 g/mol. The number of thiazole rings is 1. The third-order valence-corrected chi connectivity index (χ3v) is 4.08. The van der Waals surface area contributed by atoms with Crippen LogP contribution in [0.3, 0.4) is 0 Å². The van der Waals surface area contributed by atoms with Gasteiger partial charge in [0.25, 0.3) is 0 Å². The maximum absolute atomic E-state index is 13.1. The normalized spacial score (nSPS) is 11.2. The van der Waals surface area contributed by atoms with Crippen molar-refractivity contribution in [3.63, 3.8) is 0 Å². The number of carbonyl (C=O) groups is 1. The number of rotatable bonds is 4. The number of nitrogens with zero attached hydrogens (tertiary/aromatic N) is 2. The lowest BCUT2D eigenvalue weighted by Gasteiger charge is -2.20. The largest absolute Gasteiger partial charge is 0.497 e. The van der Waals surface area contributed by atoms with Gasteiger partial charge in [-0.05, 0) is 25.1 Å². The highest BCUT2D eigenvalue weighted by molar-refractivity contribution is 7.11. The third kappa shape index (κ3) is 4.38. The molecule has 1 aromatic heterocycles. The molecule has 0 fully saturated rings. The van der Waals surface area contributed by atoms with Gasteiger partial charge in [0.15, 0.2) is 0 Å². The standard InChI is InChI=1S/C15H16F3N3O2S/c1-9-19-7-11(24-9)8-21(2)14(22)20-13-5-4-10(23-3)6-12(13)15(16,17)18/h4-7H,8H2,1-3H3,(H,20,22). The maximum atomic E-state index is 13.1. The maximum Gasteiger partial charge on any atom is 0.418 e. The summed E-state index contributed by atoms with van der Waals surface area (Å²) in [5.74, 6) is 0.0637. The summed E-state index contributed by atoms with van der Waals surface area (Å²) >= 11 is 1.42. The number of aryl methyl sites for hydroxylation is 1. The zero-order valence-corrected chi connectivity index (χ0v) is 14.1. The molecular formula is C15H16F3N3O2S. The SMILES string of the molecule is COc1ccc(NC(=O)N(C)Cc2cnc(C)s2)c(C(F)(F)F)c1. The van der Waals surface area contributed by atoms with Crippen LogP contribution in [0, 0.1) is 6.92 Å². The number of amides is 2. The van der Waals surface area contributed by atoms with E-state index in [1.807, 2.05) is 6.92 Å². The molecule has 9 heteroatoms. The fourth-order valence-corrected chi connectivity index (χ4v) is 2.84. The molecule has 0 radical (unpaired) electrons. The summed E-state index contributed by atoms with van der Waals surface area (Å²) in [6.07, 6.45) is -2.97. The third-order valence-electron chi connectivity index (χ3n) is 3.18. The molecule has 0 unspecified atom stereocenters. The van der Waals surface area contributed by atoms with Crippen molar-refractivity contribution < 1.29 is 22.7 Å². The van der Waals surface area contributed by atoms with Gasteiger partial charge < -0.3 is 15.0 Å². The number of hydrogen-bond acceptors (Lipinski definition) is 4. The molecule has 1 aromatic carbocycles. The second-order valence-electron chi connectivity index (χ2n) is 5.04. The molecule has 0 aliphatic heterocycles. The molecule has 0 bridgehead atoms. The van der Waals surface area contributed by atoms with Gasteiger partial charge in [-0.15, -0.1) is 11.3 Å². The van der Waals surface area contributed by atoms with E-state index < -0.39 is 17.8 Å². The van der Waals surface area contributed by atoms with E-state index in [2.05, 4.69) is 10.3 Å². The first-order valence-corrected chi connectivity index (χ1v) is 7.71. The van der Waals surface area contributed by atoms with Crippen LogP contribution >= 0.6 is 11.3 Å². The number of alkyl halides is 3. The number of carbonyl (C=O) groups excluding carboxylic acids is 1. The minimum atomic E-state index is -4.61. The summed E-state index contributed by atoms with van der Waals surface area (Å²) in [7, 11) is 2.78. The van der Waals surface area contributed by atoms with Crippen molar-refractivity contribution in [2.45, 2.75) is 19.6 Å². The minimum absolute atomic E-state index is 0.0637. The van der Waals surface area contributed by atoms with Crippen molar-refractivity contribution in [3.8, 4) is 5.75 Å². The van der Waals surface area contributed by atoms with Crippen molar-refractivity contribution in [2.75, 3.05) is 19.5 Å². The second kappa shape index (κ2) is 7.08. The highest BCUT2D eigenvalue weighted by Crippen LogP contribution is 2.37. The molecule has 2 rings (SSSR count). The van der Waals surface area contributed by atoms with E-state index in [0.717, 1.165) is 16.0 Å². The van der Waals surface area contributed by atoms with Gasteiger partial charge in [-0.3, -0.25) is 0 Å². The van der Waals surface area contributed by atoms with Gasteiger partial charge >= 0.3 is 12.2 Å². The van der Waals surface area contributed by atoms with Crippen molar-refractivity contribution in [3.05, 3.63) is 39.8 Å². The Bertz CT molecular complexity index is 731. The zero-order valence-electron chi connectivity index (χ0n) is 13.3. The monoisotopic (exact) mass is 359 g/mol. The average molecular weight is 359 g/mol. The number of methoxy groups -OCH3 is 1. The molecule has 2 aromatic rings. The van der Waals surface area contributed by atoms with Gasteiger partial charge in [-0.2, -0.15) is 13.2 Å². The number of benzene rings is 1. The number of anilines is 1. The first-order chi connectivity index (χ1) is 11.2. The smallest absolute Gasteiger partial charge is 0.418 e. The van der Waals surface area contributed by atoms with E-state index >= 15 is 0 Å². The van der Waals surface area contributed by atoms with Crippen LogP contribution in [0.1, 0.15) is 15.4 Å². The number of hydrogen-bond donors (Lipinski definition) is 1. The highest BCUT2D eigenvalue weighted by atomic mass is 32.1. The van der Waals surface area contributed by atoms with Gasteiger partial charge in [-0.25, -0.2) is 9.78 Å². The fourth-order valence-electron chi connectivity index (χ4n) is 1.99. The van der Waals surface area contributed by atoms with Crippen LogP contribution in [0.5, 0.6) is 5.75 Å². The van der Waals surface area contributed by atoms with E-state index in [1.165, 1.54) is 42.5 Å². The highest BCUT2D eigenvalue weighted by Gasteiger charge is 2.34. The predicted octanol–water partition coefficient (Wildman–Crippen LogP) is 4.14. The van der Waals surface area contributed by atoms with Crippen LogP contribution < -0.4 is 10.1 Å². The molecule has 0 aliphatic carbocycles. The lowest BCUT2D eigenvalue weighted by molar-refractivity contribution is -0.137. The summed E-state index contributed by atoms with van der Waals surface area (Å²) in [5.41, 5.74) is -1.28. The minimum Gasteiger partial charge on any atom is -0.497 e. The molecule has 0 saturated carbocycles. The van der Waals surface area contributed by atoms with Gasteiger partial charge in [0.1, 0.15) is 5.75 Å². The van der Waals surface area contributed by atoms with Gasteiger partial charge in [0.2, 0.25) is 0 Å². The quantitative estimate of drug-likeness (QED) is 0.893. The summed E-state index contributed by atoms with van der Waals surface area (Å²) in [4.78, 5) is 18.4. The van der Waals surface area contributed by atoms with E-state index in [-0.39, 0.29) is 18.0 Å². The Labute approximate surface area is 141 Å². The van der Waals surface area contributed by atoms with E-state index in [1.54, 1.807) is 6.20 Å². The van der Waals surface area contributed by atoms with Crippen molar-refractivity contribution in [2.24, 2.45) is 0 Å². The molecule has 0 aliphatic rings. The van der Waals surface area contributed by atoms with Crippen LogP contribution in [0.15, 0.2) is 24.4 Å². The molecule has 130 valence electrons. The van der Waals surface area contributed by atoms with Gasteiger partial charge in [0.05, 0.1) is 29.9 Å². The average Bonchev–Trinajstić information content (AvgIpc) is 2.91. The van der Waals surface area contributed by atoms with Gasteiger partial charge in [-0.1, -0.05) is 0 Å². The number of urea groups is 1. The zero-order chi connectivity index (χ0) is 17.9. The Kier molecular flexibility index (Phi) is 5.33. The van der Waals surface area contributed by atoms with Crippen molar-refractivity contribution in [1.29, 1.82) is 0 Å². The first kappa shape index (κ1) is 18.1. The fraction of sp³-hybridized carbons (Fsp3) is 0.333. The molecule has 0 saturated heterocycles. The van der Waals surface area contributed by atoms with Crippen LogP contribution in [0.25, 0.3) is 0 Å². The topological polar surface area (TPSA) is 54.5 Å². The summed E-state index contributed by atoms with van der Waals surface area (Å²) in [6, 6.07) is 2.74. The van der Waals surface area contributed by atoms with Crippen molar-refractivity contribution >= 4 is 23.1 Å². The first-order valence-electron chi connectivity index (χ1n) is 6.89. The number of nitrogens with one attached hydrogen (secondary N) is 1. The Morgan fingerprint density at radius 2 is 2.12 bits per heavy atom. The molecule has 5 nitrogen and oxygen atoms in total. The number of halogens is 3. The van der Waals surface area contributed by atoms with Crippen LogP contribution in [-0.2, 0) is 12.7 Å². The summed E-state index contributed by atoms with van der Waals surface area (Å²) in [5, 5.41) is 3.15. The van der Waals surface area contributed by atoms with Gasteiger partial charge in [0, 0.05) is 18.1 Å². The lowest BCUT2D eigenvalue weighted by atomic mass is 10.1. The molecule has 2 amide bonds. The Hall–Kier alpha value is -2.29. The van der Waals surface area contributed by atoms with E-state index in [9.17, 15) is 18.0 Å². The van der Waals surface area contributed by atoms with Crippen LogP contribution in [0.2, 0.25) is 0 Å². The van der Waals surface area contributed by atoms with Crippen molar-refractivity contribution in [1.82, 2.24) is 9.88 Å². The molecule has 0 spiro atoms. The number of aromatic nitrogens is 1. The molecule has 0 atom stereocenters. The molecule has 24 heavy (non-hydrogen) atoms. The van der Waals surface area contributed by atoms with Crippen LogP contribution in [-0.4, -0.2) is 30.1 Å². The Morgan fingerprint density at radius 3 is 2.67 bits per heavy atom. The number of ether oxygens (including phenoxy) is 1.